The number of aromatic amines is 4. The molecule has 17 rings (SSSR count). The summed E-state index contributed by atoms with van der Waals surface area (Å²) >= 11 is 0. The van der Waals surface area contributed by atoms with Crippen molar-refractivity contribution in [1.29, 1.82) is 0 Å². The summed E-state index contributed by atoms with van der Waals surface area (Å²) in [5.41, 5.74) is 43.9. The van der Waals surface area contributed by atoms with Crippen molar-refractivity contribution in [2.24, 2.45) is 47.0 Å². The van der Waals surface area contributed by atoms with E-state index < -0.39 is 11.8 Å². The molecule has 27 heteroatoms. The molecule has 0 unspecified atom stereocenters. The lowest BCUT2D eigenvalue weighted by atomic mass is 10.1. The lowest BCUT2D eigenvalue weighted by Gasteiger charge is -2.08. The van der Waals surface area contributed by atoms with Gasteiger partial charge in [-0.3, -0.25) is 28.9 Å². The van der Waals surface area contributed by atoms with Crippen LogP contribution in [-0.2, 0) is 33.7 Å². The molecule has 18 N–H and O–H groups in total. The predicted octanol–water partition coefficient (Wildman–Crippen LogP) is 12.7. The van der Waals surface area contributed by atoms with Gasteiger partial charge in [-0.05, 0) is 110 Å². The Morgan fingerprint density at radius 2 is 0.791 bits per heavy atom. The number of imidazole rings is 4. The summed E-state index contributed by atoms with van der Waals surface area (Å²) in [6.45, 7) is 8.12. The molecule has 110 heavy (non-hydrogen) atoms. The van der Waals surface area contributed by atoms with E-state index in [4.69, 9.17) is 22.9 Å². The second-order valence-electron chi connectivity index (χ2n) is 26.4. The third kappa shape index (κ3) is 15.3. The van der Waals surface area contributed by atoms with Crippen molar-refractivity contribution in [3.8, 4) is 57.1 Å². The fraction of sp³-hybridized carbons (Fsp3) is 0.120. The number of carbonyl (C=O) groups is 3. The molecule has 27 nitrogen and oxygen atoms in total. The maximum absolute atomic E-state index is 12.1. The summed E-state index contributed by atoms with van der Waals surface area (Å²) in [6, 6.07) is 61.6. The van der Waals surface area contributed by atoms with Gasteiger partial charge in [0.2, 0.25) is 11.8 Å². The van der Waals surface area contributed by atoms with Crippen LogP contribution in [0.1, 0.15) is 76.9 Å². The number of nitrogens with one attached hydrogen (secondary N) is 6. The number of H-pyrrole nitrogens is 4. The molecular formula is C83H76N20O7. The first-order valence-electron chi connectivity index (χ1n) is 35.0. The van der Waals surface area contributed by atoms with Crippen molar-refractivity contribution in [1.82, 2.24) is 64.7 Å². The second kappa shape index (κ2) is 30.9. The van der Waals surface area contributed by atoms with Crippen LogP contribution >= 0.6 is 0 Å². The topological polar surface area (TPSA) is 435 Å². The molecule has 8 heterocycles. The number of fused-ring (bicyclic) bond motifs is 4. The van der Waals surface area contributed by atoms with Crippen molar-refractivity contribution < 1.29 is 34.8 Å². The molecule has 0 fully saturated rings. The van der Waals surface area contributed by atoms with Gasteiger partial charge in [-0.2, -0.15) is 10.2 Å². The Morgan fingerprint density at radius 3 is 1.19 bits per heavy atom. The van der Waals surface area contributed by atoms with Crippen LogP contribution in [0.3, 0.4) is 0 Å². The van der Waals surface area contributed by atoms with Gasteiger partial charge in [0, 0.05) is 72.8 Å². The van der Waals surface area contributed by atoms with E-state index >= 15 is 0 Å². The number of nitrogens with zero attached hydrogens (tertiary/aromatic N) is 10. The SMILES string of the molecule is Cc1ccc(-c2nn(C)c(-c3nc4ccc(CN)cc4[nH]3)c2O)cc1.Cc1ccc(C2=NCC(c3nc4ccc(C(N)=O)cc4[nH]3)=C2O)cc1.Cc1ccc(C2=NCC(c3nc4ccc(CN)cc4[nH]3)=C2O)cc1.Cn1nc(-c2ccc(CNC(=O)Nc3ccccc3)cc2)c(O)c1-c1nc2ccc(C(N)=O)cc2[nH]1. The van der Waals surface area contributed by atoms with Crippen molar-refractivity contribution in [2.45, 2.75) is 40.4 Å². The zero-order chi connectivity index (χ0) is 77.0. The third-order valence-corrected chi connectivity index (χ3v) is 18.7. The molecule has 15 aromatic rings. The van der Waals surface area contributed by atoms with Gasteiger partial charge in [-0.25, -0.2) is 24.7 Å². The average molecular weight is 1470 g/mol. The third-order valence-electron chi connectivity index (χ3n) is 18.7. The molecule has 2 aliphatic rings. The highest BCUT2D eigenvalue weighted by atomic mass is 16.3. The Bertz CT molecular complexity index is 6160. The molecule has 0 saturated carbocycles. The summed E-state index contributed by atoms with van der Waals surface area (Å²) in [7, 11) is 3.51. The van der Waals surface area contributed by atoms with Crippen molar-refractivity contribution in [2.75, 3.05) is 18.4 Å². The number of benzene rings is 9. The predicted molar refractivity (Wildman–Crippen MR) is 427 cm³/mol. The highest BCUT2D eigenvalue weighted by molar-refractivity contribution is 6.18. The van der Waals surface area contributed by atoms with Gasteiger partial charge in [0.25, 0.3) is 0 Å². The van der Waals surface area contributed by atoms with Crippen LogP contribution in [0.4, 0.5) is 10.5 Å². The summed E-state index contributed by atoms with van der Waals surface area (Å²) in [4.78, 5) is 74.8. The number of carbonyl (C=O) groups excluding carboxylic acids is 3. The number of aliphatic imine (C=N–C) groups is 2. The Kier molecular flexibility index (Phi) is 20.3. The number of para-hydroxylation sites is 1. The van der Waals surface area contributed by atoms with Crippen LogP contribution in [0, 0.1) is 20.8 Å². The average Bonchev–Trinajstić information content (AvgIpc) is 2.58. The Hall–Kier alpha value is -14.6. The van der Waals surface area contributed by atoms with E-state index in [9.17, 15) is 34.8 Å². The number of aryl methyl sites for hydroxylation is 5. The van der Waals surface area contributed by atoms with E-state index in [2.05, 4.69) is 70.7 Å². The largest absolute Gasteiger partial charge is 0.505 e. The highest BCUT2D eigenvalue weighted by Gasteiger charge is 2.28. The van der Waals surface area contributed by atoms with Crippen LogP contribution in [0.5, 0.6) is 11.5 Å². The zero-order valence-corrected chi connectivity index (χ0v) is 60.4. The summed E-state index contributed by atoms with van der Waals surface area (Å²) in [5, 5.41) is 57.5. The van der Waals surface area contributed by atoms with Gasteiger partial charge >= 0.3 is 6.03 Å². The minimum atomic E-state index is -0.533. The highest BCUT2D eigenvalue weighted by Crippen LogP contribution is 2.40. The maximum Gasteiger partial charge on any atom is 0.319 e. The molecule has 0 saturated heterocycles. The number of amides is 4. The number of aromatic nitrogens is 12. The maximum atomic E-state index is 12.1. The molecule has 9 aromatic carbocycles. The Morgan fingerprint density at radius 1 is 0.436 bits per heavy atom. The second-order valence-corrected chi connectivity index (χ2v) is 26.4. The number of nitrogens with two attached hydrogens (primary N) is 4. The Labute approximate surface area is 628 Å². The lowest BCUT2D eigenvalue weighted by molar-refractivity contribution is 0.0992. The van der Waals surface area contributed by atoms with Gasteiger partial charge in [0.05, 0.1) is 68.4 Å². The molecule has 2 aliphatic heterocycles. The number of allylic oxidation sites excluding steroid dienone is 2. The number of rotatable bonds is 15. The number of aliphatic hydroxyl groups is 2. The minimum Gasteiger partial charge on any atom is -0.505 e. The number of primary amides is 2. The first-order valence-corrected chi connectivity index (χ1v) is 35.0. The number of hydrogen-bond donors (Lipinski definition) is 14. The van der Waals surface area contributed by atoms with Crippen LogP contribution < -0.4 is 33.6 Å². The normalized spacial score (nSPS) is 12.5. The molecule has 0 spiro atoms. The zero-order valence-electron chi connectivity index (χ0n) is 60.4. The van der Waals surface area contributed by atoms with Crippen molar-refractivity contribution in [3.05, 3.63) is 279 Å². The number of anilines is 1. The van der Waals surface area contributed by atoms with Gasteiger partial charge < -0.3 is 73.9 Å². The first kappa shape index (κ1) is 72.4. The summed E-state index contributed by atoms with van der Waals surface area (Å²) in [6.07, 6.45) is 0. The first-order chi connectivity index (χ1) is 53.1. The summed E-state index contributed by atoms with van der Waals surface area (Å²) < 4.78 is 3.19. The van der Waals surface area contributed by atoms with Gasteiger partial charge in [0.15, 0.2) is 23.1 Å². The smallest absolute Gasteiger partial charge is 0.319 e. The fourth-order valence-corrected chi connectivity index (χ4v) is 12.7. The van der Waals surface area contributed by atoms with E-state index in [1.165, 1.54) is 5.56 Å². The van der Waals surface area contributed by atoms with Crippen LogP contribution in [0.25, 0.3) is 101 Å². The van der Waals surface area contributed by atoms with Crippen LogP contribution in [0.2, 0.25) is 0 Å². The Balaban J connectivity index is 0.000000124. The van der Waals surface area contributed by atoms with E-state index in [0.29, 0.717) is 140 Å². The van der Waals surface area contributed by atoms with Gasteiger partial charge in [0.1, 0.15) is 57.4 Å². The molecular weight excluding hydrogens is 1390 g/mol. The van der Waals surface area contributed by atoms with Gasteiger partial charge in [-0.15, -0.1) is 0 Å². The van der Waals surface area contributed by atoms with E-state index in [0.717, 1.165) is 72.1 Å². The van der Waals surface area contributed by atoms with Gasteiger partial charge in [-0.1, -0.05) is 144 Å². The number of urea groups is 1. The minimum absolute atomic E-state index is 0.0280. The monoisotopic (exact) mass is 1460 g/mol. The van der Waals surface area contributed by atoms with Crippen molar-refractivity contribution >= 4 is 90.2 Å². The van der Waals surface area contributed by atoms with Crippen molar-refractivity contribution in [3.63, 3.8) is 0 Å². The molecule has 550 valence electrons. The lowest BCUT2D eigenvalue weighted by Crippen LogP contribution is -2.28. The van der Waals surface area contributed by atoms with Crippen LogP contribution in [0.15, 0.2) is 222 Å². The van der Waals surface area contributed by atoms with E-state index in [1.54, 1.807) is 59.9 Å². The number of aliphatic hydroxyl groups excluding tert-OH is 2. The molecule has 4 amide bonds. The standard InChI is InChI=1S/C26H23N7O3.C19H19N5O.C19H16N4O2.C19H18N4O/c1-33-22(25-30-19-12-11-17(24(27)35)13-20(19)31-25)23(34)21(32-33)16-9-7-15(8-10-16)14-28-26(36)29-18-5-3-2-4-6-18;1-11-3-6-13(7-4-11)16-18(25)17(24(2)23-16)19-21-14-8-5-12(10-20)9-15(14)22-19;1-10-2-4-11(5-3-10)16-17(24)13(9-21-16)19-22-14-7-6-12(18(20)25)8-15(14)23-19;1-11-2-5-13(6-3-11)17-18(24)14(10-21-17)19-22-15-7-4-12(9-20)8-16(15)23-19/h2-13,34H,14H2,1H3,(H2,27,35)(H,30,31)(H2,28,29,36);3-9,25H,10,20H2,1-2H3,(H,21,22);2-8,24H,9H2,1H3,(H2,20,25)(H,22,23);2-8,24H,9-10,20H2,1H3,(H,22,23). The fourth-order valence-electron chi connectivity index (χ4n) is 12.7. The quantitative estimate of drug-likeness (QED) is 0.0453. The molecule has 6 aromatic heterocycles. The number of aromatic hydroxyl groups is 2. The number of hydrogen-bond acceptors (Lipinski definition) is 17. The van der Waals surface area contributed by atoms with Crippen LogP contribution in [-0.4, -0.2) is 122 Å². The molecule has 0 bridgehead atoms. The van der Waals surface area contributed by atoms with E-state index in [-0.39, 0.29) is 29.0 Å². The molecule has 0 aliphatic carbocycles. The van der Waals surface area contributed by atoms with E-state index in [1.807, 2.05) is 185 Å². The molecule has 0 atom stereocenters. The molecule has 0 radical (unpaired) electrons. The summed E-state index contributed by atoms with van der Waals surface area (Å²) in [5.74, 6) is 1.56.